The Bertz CT molecular complexity index is 1080. The molecule has 0 aliphatic heterocycles. The first-order valence-corrected chi connectivity index (χ1v) is 7.75. The van der Waals surface area contributed by atoms with Crippen molar-refractivity contribution in [3.63, 3.8) is 0 Å². The number of benzene rings is 2. The SMILES string of the molecule is NC(=O)c1ccc(-c2c[nH]c3ncc(-c4cccc(F)c4)cc23)cc1. The summed E-state index contributed by atoms with van der Waals surface area (Å²) in [6.45, 7) is 0. The molecule has 2 aromatic heterocycles. The normalized spacial score (nSPS) is 10.9. The highest BCUT2D eigenvalue weighted by Crippen LogP contribution is 2.31. The van der Waals surface area contributed by atoms with Crippen molar-refractivity contribution < 1.29 is 9.18 Å². The first-order chi connectivity index (χ1) is 12.1. The van der Waals surface area contributed by atoms with Gasteiger partial charge in [0, 0.05) is 34.5 Å². The molecule has 0 aliphatic carbocycles. The van der Waals surface area contributed by atoms with E-state index in [-0.39, 0.29) is 5.82 Å². The molecule has 1 amide bonds. The number of nitrogens with one attached hydrogen (secondary N) is 1. The predicted octanol–water partition coefficient (Wildman–Crippen LogP) is 4.13. The number of fused-ring (bicyclic) bond motifs is 1. The monoisotopic (exact) mass is 331 g/mol. The number of halogens is 1. The lowest BCUT2D eigenvalue weighted by molar-refractivity contribution is 0.100. The second-order valence-electron chi connectivity index (χ2n) is 5.77. The minimum Gasteiger partial charge on any atom is -0.366 e. The van der Waals surface area contributed by atoms with E-state index in [0.29, 0.717) is 5.56 Å². The Morgan fingerprint density at radius 3 is 2.52 bits per heavy atom. The molecule has 0 unspecified atom stereocenters. The molecule has 0 saturated carbocycles. The molecule has 0 bridgehead atoms. The van der Waals surface area contributed by atoms with Gasteiger partial charge in [0.05, 0.1) is 0 Å². The zero-order valence-corrected chi connectivity index (χ0v) is 13.2. The number of carbonyl (C=O) groups is 1. The van der Waals surface area contributed by atoms with Gasteiger partial charge in [-0.25, -0.2) is 9.37 Å². The van der Waals surface area contributed by atoms with Crippen LogP contribution in [0.3, 0.4) is 0 Å². The molecule has 4 nitrogen and oxygen atoms in total. The quantitative estimate of drug-likeness (QED) is 0.592. The summed E-state index contributed by atoms with van der Waals surface area (Å²) >= 11 is 0. The number of aromatic nitrogens is 2. The van der Waals surface area contributed by atoms with Gasteiger partial charge < -0.3 is 10.7 Å². The van der Waals surface area contributed by atoms with E-state index in [4.69, 9.17) is 5.73 Å². The van der Waals surface area contributed by atoms with Crippen LogP contribution in [0.1, 0.15) is 10.4 Å². The largest absolute Gasteiger partial charge is 0.366 e. The van der Waals surface area contributed by atoms with Gasteiger partial charge in [-0.2, -0.15) is 0 Å². The summed E-state index contributed by atoms with van der Waals surface area (Å²) in [7, 11) is 0. The maximum absolute atomic E-state index is 13.5. The number of carbonyl (C=O) groups excluding carboxylic acids is 1. The van der Waals surface area contributed by atoms with Crippen molar-refractivity contribution in [1.29, 1.82) is 0 Å². The highest BCUT2D eigenvalue weighted by Gasteiger charge is 2.10. The molecule has 25 heavy (non-hydrogen) atoms. The van der Waals surface area contributed by atoms with Crippen LogP contribution in [0.4, 0.5) is 4.39 Å². The Labute approximate surface area is 143 Å². The molecule has 0 radical (unpaired) electrons. The van der Waals surface area contributed by atoms with Gasteiger partial charge in [-0.3, -0.25) is 4.79 Å². The maximum Gasteiger partial charge on any atom is 0.248 e. The molecular weight excluding hydrogens is 317 g/mol. The van der Waals surface area contributed by atoms with Crippen LogP contribution in [0.25, 0.3) is 33.3 Å². The van der Waals surface area contributed by atoms with Crippen molar-refractivity contribution in [2.75, 3.05) is 0 Å². The number of pyridine rings is 1. The Morgan fingerprint density at radius 1 is 1.00 bits per heavy atom. The second kappa shape index (κ2) is 5.87. The summed E-state index contributed by atoms with van der Waals surface area (Å²) in [4.78, 5) is 18.8. The third kappa shape index (κ3) is 2.76. The molecule has 122 valence electrons. The van der Waals surface area contributed by atoms with Crippen LogP contribution in [0, 0.1) is 5.82 Å². The van der Waals surface area contributed by atoms with Crippen molar-refractivity contribution in [2.45, 2.75) is 0 Å². The topological polar surface area (TPSA) is 71.8 Å². The minimum atomic E-state index is -0.458. The summed E-state index contributed by atoms with van der Waals surface area (Å²) < 4.78 is 13.5. The Balaban J connectivity index is 1.82. The molecule has 0 spiro atoms. The van der Waals surface area contributed by atoms with Crippen LogP contribution in [-0.4, -0.2) is 15.9 Å². The van der Waals surface area contributed by atoms with E-state index < -0.39 is 5.91 Å². The molecule has 0 atom stereocenters. The first kappa shape index (κ1) is 15.1. The van der Waals surface area contributed by atoms with Gasteiger partial charge in [0.25, 0.3) is 0 Å². The molecule has 4 rings (SSSR count). The molecule has 2 heterocycles. The van der Waals surface area contributed by atoms with Gasteiger partial charge in [-0.15, -0.1) is 0 Å². The average Bonchev–Trinajstić information content (AvgIpc) is 3.05. The fraction of sp³-hybridized carbons (Fsp3) is 0. The van der Waals surface area contributed by atoms with E-state index in [0.717, 1.165) is 33.3 Å². The lowest BCUT2D eigenvalue weighted by Crippen LogP contribution is -2.10. The summed E-state index contributed by atoms with van der Waals surface area (Å²) in [5.41, 5.74) is 9.99. The number of H-pyrrole nitrogens is 1. The number of hydrogen-bond acceptors (Lipinski definition) is 2. The van der Waals surface area contributed by atoms with Gasteiger partial charge in [0.15, 0.2) is 0 Å². The lowest BCUT2D eigenvalue weighted by Gasteiger charge is -2.04. The summed E-state index contributed by atoms with van der Waals surface area (Å²) in [5, 5.41) is 0.925. The van der Waals surface area contributed by atoms with Crippen LogP contribution in [0.2, 0.25) is 0 Å². The average molecular weight is 331 g/mol. The molecule has 4 aromatic rings. The Hall–Kier alpha value is -3.47. The zero-order valence-electron chi connectivity index (χ0n) is 13.2. The van der Waals surface area contributed by atoms with Crippen LogP contribution >= 0.6 is 0 Å². The molecule has 2 aromatic carbocycles. The van der Waals surface area contributed by atoms with E-state index in [9.17, 15) is 9.18 Å². The van der Waals surface area contributed by atoms with E-state index in [2.05, 4.69) is 9.97 Å². The van der Waals surface area contributed by atoms with Gasteiger partial charge in [0.1, 0.15) is 11.5 Å². The molecule has 0 fully saturated rings. The third-order valence-corrected chi connectivity index (χ3v) is 4.17. The molecule has 0 saturated heterocycles. The smallest absolute Gasteiger partial charge is 0.248 e. The van der Waals surface area contributed by atoms with Crippen molar-refractivity contribution in [3.05, 3.63) is 78.4 Å². The summed E-state index contributed by atoms with van der Waals surface area (Å²) in [5.74, 6) is -0.741. The number of aromatic amines is 1. The van der Waals surface area contributed by atoms with Crippen LogP contribution in [0.5, 0.6) is 0 Å². The maximum atomic E-state index is 13.5. The minimum absolute atomic E-state index is 0.283. The number of rotatable bonds is 3. The highest BCUT2D eigenvalue weighted by atomic mass is 19.1. The van der Waals surface area contributed by atoms with Crippen LogP contribution < -0.4 is 5.73 Å². The second-order valence-corrected chi connectivity index (χ2v) is 5.77. The fourth-order valence-corrected chi connectivity index (χ4v) is 2.88. The van der Waals surface area contributed by atoms with E-state index in [1.54, 1.807) is 24.4 Å². The number of primary amides is 1. The molecular formula is C20H14FN3O. The van der Waals surface area contributed by atoms with Gasteiger partial charge in [-0.05, 0) is 41.5 Å². The van der Waals surface area contributed by atoms with Crippen LogP contribution in [-0.2, 0) is 0 Å². The molecule has 0 aliphatic rings. The fourth-order valence-electron chi connectivity index (χ4n) is 2.88. The predicted molar refractivity (Wildman–Crippen MR) is 95.4 cm³/mol. The van der Waals surface area contributed by atoms with Gasteiger partial charge in [-0.1, -0.05) is 24.3 Å². The third-order valence-electron chi connectivity index (χ3n) is 4.17. The number of nitrogens with zero attached hydrogens (tertiary/aromatic N) is 1. The van der Waals surface area contributed by atoms with Crippen molar-refractivity contribution >= 4 is 16.9 Å². The van der Waals surface area contributed by atoms with E-state index in [1.807, 2.05) is 30.5 Å². The Morgan fingerprint density at radius 2 is 1.80 bits per heavy atom. The van der Waals surface area contributed by atoms with Crippen molar-refractivity contribution in [3.8, 4) is 22.3 Å². The van der Waals surface area contributed by atoms with Crippen LogP contribution in [0.15, 0.2) is 67.0 Å². The van der Waals surface area contributed by atoms with Crippen molar-refractivity contribution in [2.24, 2.45) is 5.73 Å². The zero-order chi connectivity index (χ0) is 17.4. The number of hydrogen-bond donors (Lipinski definition) is 2. The highest BCUT2D eigenvalue weighted by molar-refractivity contribution is 5.97. The van der Waals surface area contributed by atoms with Crippen molar-refractivity contribution in [1.82, 2.24) is 9.97 Å². The van der Waals surface area contributed by atoms with E-state index in [1.165, 1.54) is 12.1 Å². The molecule has 3 N–H and O–H groups in total. The van der Waals surface area contributed by atoms with E-state index >= 15 is 0 Å². The summed E-state index contributed by atoms with van der Waals surface area (Å²) in [6, 6.07) is 15.5. The standard InChI is InChI=1S/C20H14FN3O/c21-16-3-1-2-14(8-16)15-9-17-18(11-24-20(17)23-10-15)12-4-6-13(7-5-12)19(22)25/h1-11H,(H2,22,25)(H,23,24). The lowest BCUT2D eigenvalue weighted by atomic mass is 10.0. The molecule has 5 heteroatoms. The van der Waals surface area contributed by atoms with Gasteiger partial charge >= 0.3 is 0 Å². The number of amides is 1. The number of nitrogens with two attached hydrogens (primary N) is 1. The summed E-state index contributed by atoms with van der Waals surface area (Å²) in [6.07, 6.45) is 3.58. The van der Waals surface area contributed by atoms with Gasteiger partial charge in [0.2, 0.25) is 5.91 Å². The first-order valence-electron chi connectivity index (χ1n) is 7.75. The Kier molecular flexibility index (Phi) is 3.54.